The summed E-state index contributed by atoms with van der Waals surface area (Å²) in [6, 6.07) is 13.7. The van der Waals surface area contributed by atoms with Crippen LogP contribution in [0.1, 0.15) is 15.9 Å². The summed E-state index contributed by atoms with van der Waals surface area (Å²) in [4.78, 5) is 14.6. The van der Waals surface area contributed by atoms with Crippen molar-refractivity contribution >= 4 is 21.4 Å². The summed E-state index contributed by atoms with van der Waals surface area (Å²) in [6.45, 7) is 1.96. The number of sulfone groups is 1. The van der Waals surface area contributed by atoms with Gasteiger partial charge in [0.15, 0.2) is 9.84 Å². The predicted octanol–water partition coefficient (Wildman–Crippen LogP) is 2.96. The van der Waals surface area contributed by atoms with Crippen molar-refractivity contribution in [1.82, 2.24) is 0 Å². The van der Waals surface area contributed by atoms with Crippen LogP contribution in [0, 0.1) is 6.92 Å². The Morgan fingerprint density at radius 3 is 2.24 bits per heavy atom. The first kappa shape index (κ1) is 17.2. The van der Waals surface area contributed by atoms with Gasteiger partial charge < -0.3 is 9.64 Å². The van der Waals surface area contributed by atoms with E-state index in [0.29, 0.717) is 17.0 Å². The molecule has 25 heavy (non-hydrogen) atoms. The number of nitrogens with zero attached hydrogens (tertiary/aromatic N) is 1. The van der Waals surface area contributed by atoms with Crippen LogP contribution in [0.25, 0.3) is 0 Å². The Labute approximate surface area is 147 Å². The van der Waals surface area contributed by atoms with Gasteiger partial charge in [0.1, 0.15) is 5.75 Å². The van der Waals surface area contributed by atoms with Crippen LogP contribution in [-0.4, -0.2) is 33.2 Å². The normalized spacial score (nSPS) is 18.1. The fourth-order valence-corrected chi connectivity index (χ4v) is 4.03. The zero-order valence-corrected chi connectivity index (χ0v) is 14.9. The van der Waals surface area contributed by atoms with Gasteiger partial charge in [0.25, 0.3) is 5.91 Å². The lowest BCUT2D eigenvalue weighted by atomic mass is 10.1. The highest BCUT2D eigenvalue weighted by Crippen LogP contribution is 2.26. The minimum atomic E-state index is -3.28. The summed E-state index contributed by atoms with van der Waals surface area (Å²) in [5, 5.41) is 1.18. The third-order valence-corrected chi connectivity index (χ3v) is 5.49. The molecule has 2 aromatic carbocycles. The molecule has 1 aliphatic rings. The second-order valence-electron chi connectivity index (χ2n) is 5.96. The molecule has 130 valence electrons. The van der Waals surface area contributed by atoms with E-state index in [0.717, 1.165) is 5.56 Å². The molecule has 3 rings (SSSR count). The van der Waals surface area contributed by atoms with Crippen LogP contribution in [0.5, 0.6) is 5.75 Å². The van der Waals surface area contributed by atoms with E-state index >= 15 is 0 Å². The number of ether oxygens (including phenoxy) is 1. The molecule has 0 saturated carbocycles. The van der Waals surface area contributed by atoms with Crippen molar-refractivity contribution in [2.75, 3.05) is 17.8 Å². The van der Waals surface area contributed by atoms with Crippen molar-refractivity contribution in [3.05, 3.63) is 71.1 Å². The first-order valence-corrected chi connectivity index (χ1v) is 9.56. The monoisotopic (exact) mass is 357 g/mol. The summed E-state index contributed by atoms with van der Waals surface area (Å²) in [6.07, 6.45) is 1.57. The maximum Gasteiger partial charge on any atom is 0.258 e. The molecule has 1 unspecified atom stereocenters. The molecule has 5 nitrogen and oxygen atoms in total. The summed E-state index contributed by atoms with van der Waals surface area (Å²) in [7, 11) is -1.72. The van der Waals surface area contributed by atoms with E-state index in [1.54, 1.807) is 37.5 Å². The highest BCUT2D eigenvalue weighted by Gasteiger charge is 2.32. The Balaban J connectivity index is 1.99. The second kappa shape index (κ2) is 6.72. The standard InChI is InChI=1S/C19H19NO4S/c1-14-3-7-16(8-4-14)20(17-11-12-25(22,23)13-17)19(21)15-5-9-18(24-2)10-6-15/h3-12,17H,13H2,1-2H3. The summed E-state index contributed by atoms with van der Waals surface area (Å²) in [5.41, 5.74) is 2.20. The van der Waals surface area contributed by atoms with Gasteiger partial charge in [-0.2, -0.15) is 0 Å². The number of hydrogen-bond donors (Lipinski definition) is 0. The Kier molecular flexibility index (Phi) is 4.63. The van der Waals surface area contributed by atoms with Crippen LogP contribution < -0.4 is 9.64 Å². The molecule has 1 atom stereocenters. The number of anilines is 1. The van der Waals surface area contributed by atoms with Crippen molar-refractivity contribution in [2.45, 2.75) is 13.0 Å². The van der Waals surface area contributed by atoms with Crippen molar-refractivity contribution in [1.29, 1.82) is 0 Å². The number of carbonyl (C=O) groups excluding carboxylic acids is 1. The zero-order chi connectivity index (χ0) is 18.0. The van der Waals surface area contributed by atoms with Gasteiger partial charge in [0, 0.05) is 16.7 Å². The van der Waals surface area contributed by atoms with E-state index in [1.807, 2.05) is 31.2 Å². The van der Waals surface area contributed by atoms with Crippen molar-refractivity contribution < 1.29 is 17.9 Å². The van der Waals surface area contributed by atoms with Crippen LogP contribution in [-0.2, 0) is 9.84 Å². The minimum absolute atomic E-state index is 0.108. The van der Waals surface area contributed by atoms with E-state index in [9.17, 15) is 13.2 Å². The third kappa shape index (κ3) is 3.74. The topological polar surface area (TPSA) is 63.7 Å². The Hall–Kier alpha value is -2.60. The lowest BCUT2D eigenvalue weighted by Gasteiger charge is -2.28. The fraction of sp³-hybridized carbons (Fsp3) is 0.211. The largest absolute Gasteiger partial charge is 0.497 e. The number of benzene rings is 2. The molecule has 1 aliphatic heterocycles. The fourth-order valence-electron chi connectivity index (χ4n) is 2.76. The molecule has 1 heterocycles. The molecule has 0 saturated heterocycles. The zero-order valence-electron chi connectivity index (χ0n) is 14.0. The first-order chi connectivity index (χ1) is 11.9. The minimum Gasteiger partial charge on any atom is -0.497 e. The molecule has 0 spiro atoms. The second-order valence-corrected chi connectivity index (χ2v) is 7.90. The molecule has 2 aromatic rings. The Morgan fingerprint density at radius 1 is 1.08 bits per heavy atom. The van der Waals surface area contributed by atoms with Gasteiger partial charge in [-0.25, -0.2) is 8.42 Å². The summed E-state index contributed by atoms with van der Waals surface area (Å²) < 4.78 is 28.8. The average Bonchev–Trinajstić information content (AvgIpc) is 2.96. The highest BCUT2D eigenvalue weighted by atomic mass is 32.2. The number of amides is 1. The van der Waals surface area contributed by atoms with E-state index in [4.69, 9.17) is 4.74 Å². The van der Waals surface area contributed by atoms with E-state index in [2.05, 4.69) is 0 Å². The van der Waals surface area contributed by atoms with Crippen molar-refractivity contribution in [3.8, 4) is 5.75 Å². The molecular formula is C19H19NO4S. The first-order valence-electron chi connectivity index (χ1n) is 7.85. The Bertz CT molecular complexity index is 899. The lowest BCUT2D eigenvalue weighted by Crippen LogP contribution is -2.41. The quantitative estimate of drug-likeness (QED) is 0.844. The molecule has 0 aliphatic carbocycles. The van der Waals surface area contributed by atoms with Gasteiger partial charge in [0.2, 0.25) is 0 Å². The maximum atomic E-state index is 13.1. The van der Waals surface area contributed by atoms with E-state index in [1.165, 1.54) is 10.3 Å². The molecule has 0 radical (unpaired) electrons. The number of aryl methyl sites for hydroxylation is 1. The van der Waals surface area contributed by atoms with E-state index in [-0.39, 0.29) is 11.7 Å². The molecule has 0 bridgehead atoms. The van der Waals surface area contributed by atoms with Gasteiger partial charge in [-0.1, -0.05) is 17.7 Å². The van der Waals surface area contributed by atoms with Gasteiger partial charge >= 0.3 is 0 Å². The van der Waals surface area contributed by atoms with Gasteiger partial charge in [-0.15, -0.1) is 0 Å². The third-order valence-electron chi connectivity index (χ3n) is 4.11. The van der Waals surface area contributed by atoms with Crippen LogP contribution in [0.4, 0.5) is 5.69 Å². The number of rotatable bonds is 4. The highest BCUT2D eigenvalue weighted by molar-refractivity contribution is 7.94. The van der Waals surface area contributed by atoms with Gasteiger partial charge in [-0.05, 0) is 49.4 Å². The molecule has 0 aromatic heterocycles. The van der Waals surface area contributed by atoms with Crippen molar-refractivity contribution in [2.24, 2.45) is 0 Å². The molecule has 6 heteroatoms. The summed E-state index contributed by atoms with van der Waals surface area (Å²) >= 11 is 0. The van der Waals surface area contributed by atoms with Gasteiger partial charge in [0.05, 0.1) is 18.9 Å². The van der Waals surface area contributed by atoms with Crippen LogP contribution in [0.15, 0.2) is 60.0 Å². The smallest absolute Gasteiger partial charge is 0.258 e. The SMILES string of the molecule is COc1ccc(C(=O)N(c2ccc(C)cc2)C2C=CS(=O)(=O)C2)cc1. The molecular weight excluding hydrogens is 338 g/mol. The lowest BCUT2D eigenvalue weighted by molar-refractivity contribution is 0.0983. The number of hydrogen-bond acceptors (Lipinski definition) is 4. The van der Waals surface area contributed by atoms with Crippen LogP contribution >= 0.6 is 0 Å². The predicted molar refractivity (Wildman–Crippen MR) is 97.7 cm³/mol. The molecule has 0 fully saturated rings. The van der Waals surface area contributed by atoms with E-state index < -0.39 is 15.9 Å². The van der Waals surface area contributed by atoms with Crippen LogP contribution in [0.3, 0.4) is 0 Å². The average molecular weight is 357 g/mol. The molecule has 0 N–H and O–H groups in total. The van der Waals surface area contributed by atoms with Crippen molar-refractivity contribution in [3.63, 3.8) is 0 Å². The van der Waals surface area contributed by atoms with Gasteiger partial charge in [-0.3, -0.25) is 4.79 Å². The summed E-state index contributed by atoms with van der Waals surface area (Å²) in [5.74, 6) is 0.294. The molecule has 1 amide bonds. The number of carbonyl (C=O) groups is 1. The maximum absolute atomic E-state index is 13.1. The van der Waals surface area contributed by atoms with Crippen LogP contribution in [0.2, 0.25) is 0 Å². The number of methoxy groups -OCH3 is 1. The Morgan fingerprint density at radius 2 is 1.72 bits per heavy atom.